The average molecular weight is 295 g/mol. The molecule has 0 aromatic heterocycles. The van der Waals surface area contributed by atoms with Gasteiger partial charge in [0.1, 0.15) is 0 Å². The van der Waals surface area contributed by atoms with Gasteiger partial charge in [0.05, 0.1) is 0 Å². The molecule has 0 spiro atoms. The van der Waals surface area contributed by atoms with Crippen LogP contribution in [0.25, 0.3) is 0 Å². The molecule has 2 heteroatoms. The van der Waals surface area contributed by atoms with Gasteiger partial charge in [0.2, 0.25) is 0 Å². The number of alkyl halides is 1. The van der Waals surface area contributed by atoms with Crippen LogP contribution in [0, 0.1) is 0 Å². The predicted octanol–water partition coefficient (Wildman–Crippen LogP) is -1.39. The second kappa shape index (κ2) is 3.39. The molecule has 0 saturated heterocycles. The van der Waals surface area contributed by atoms with Crippen LogP contribution in [0.2, 0.25) is 0 Å². The third kappa shape index (κ3) is 5.20. The average Bonchev–Trinajstić information content (AvgIpc) is 1.38. The Kier molecular flexibility index (Phi) is 4.21. The number of hydrogen-bond acceptors (Lipinski definition) is 0. The van der Waals surface area contributed by atoms with Crippen molar-refractivity contribution >= 4 is 22.6 Å². The quantitative estimate of drug-likeness (QED) is 0.413. The van der Waals surface area contributed by atoms with Crippen molar-refractivity contribution in [1.29, 1.82) is 0 Å². The molecule has 0 atom stereocenters. The summed E-state index contributed by atoms with van der Waals surface area (Å²) in [4.78, 5) is 2.20. The molecule has 0 heterocycles. The summed E-state index contributed by atoms with van der Waals surface area (Å²) in [7, 11) is 0. The van der Waals surface area contributed by atoms with Gasteiger partial charge < -0.3 is 0 Å². The SMILES string of the molecule is C=C(I)[I-]C. The molecule has 0 amide bonds. The molecule has 0 saturated carbocycles. The maximum atomic E-state index is 3.71. The third-order valence-corrected chi connectivity index (χ3v) is 4.11. The van der Waals surface area contributed by atoms with Crippen LogP contribution in [0.15, 0.2) is 8.17 Å². The van der Waals surface area contributed by atoms with Crippen LogP contribution in [-0.4, -0.2) is 4.93 Å². The van der Waals surface area contributed by atoms with E-state index in [1.165, 1.54) is 1.59 Å². The molecule has 0 aliphatic carbocycles. The monoisotopic (exact) mass is 295 g/mol. The number of hydrogen-bond donors (Lipinski definition) is 0. The van der Waals surface area contributed by atoms with Gasteiger partial charge in [-0.15, -0.1) is 0 Å². The zero-order valence-corrected chi connectivity index (χ0v) is 7.28. The van der Waals surface area contributed by atoms with E-state index in [1.807, 2.05) is 0 Å². The first-order valence-corrected chi connectivity index (χ1v) is 5.42. The summed E-state index contributed by atoms with van der Waals surface area (Å²) in [6.45, 7) is 3.71. The molecule has 0 fully saturated rings. The Balaban J connectivity index is 2.85. The second-order valence-corrected chi connectivity index (χ2v) is 6.27. The first-order valence-electron chi connectivity index (χ1n) is 1.11. The summed E-state index contributed by atoms with van der Waals surface area (Å²) in [6.07, 6.45) is 0. The number of halogens is 2. The molecular formula is C3H5I2-. The third-order valence-electron chi connectivity index (χ3n) is 0.205. The fourth-order valence-electron chi connectivity index (χ4n) is 0. The Morgan fingerprint density at radius 3 is 2.20 bits per heavy atom. The Morgan fingerprint density at radius 1 is 2.00 bits per heavy atom. The zero-order valence-electron chi connectivity index (χ0n) is 2.96. The van der Waals surface area contributed by atoms with Gasteiger partial charge in [-0.25, -0.2) is 0 Å². The van der Waals surface area contributed by atoms with Crippen LogP contribution < -0.4 is 21.2 Å². The molecule has 0 bridgehead atoms. The van der Waals surface area contributed by atoms with Crippen molar-refractivity contribution in [3.05, 3.63) is 8.17 Å². The standard InChI is InChI=1S/C3H5I2/c1-3(4)5-2/h1H2,2H3/q-1. The van der Waals surface area contributed by atoms with E-state index in [-0.39, 0.29) is 0 Å². The maximum absolute atomic E-state index is 3.71. The van der Waals surface area contributed by atoms with Gasteiger partial charge in [0.15, 0.2) is 0 Å². The normalized spacial score (nSPS) is 8.40. The summed E-state index contributed by atoms with van der Waals surface area (Å²) in [5.41, 5.74) is 0. The fourth-order valence-corrected chi connectivity index (χ4v) is 0. The van der Waals surface area contributed by atoms with E-state index in [1.54, 1.807) is 0 Å². The van der Waals surface area contributed by atoms with Gasteiger partial charge in [0, 0.05) is 0 Å². The van der Waals surface area contributed by atoms with Gasteiger partial charge in [-0.2, -0.15) is 0 Å². The van der Waals surface area contributed by atoms with E-state index < -0.39 is 0 Å². The van der Waals surface area contributed by atoms with Crippen molar-refractivity contribution in [2.75, 3.05) is 4.93 Å². The van der Waals surface area contributed by atoms with E-state index in [2.05, 4.69) is 34.1 Å². The van der Waals surface area contributed by atoms with E-state index in [0.717, 1.165) is 0 Å². The molecule has 0 radical (unpaired) electrons. The molecule has 0 aromatic carbocycles. The Labute approximate surface area is 56.4 Å². The molecule has 5 heavy (non-hydrogen) atoms. The van der Waals surface area contributed by atoms with Crippen LogP contribution in [0.5, 0.6) is 0 Å². The van der Waals surface area contributed by atoms with E-state index in [4.69, 9.17) is 0 Å². The van der Waals surface area contributed by atoms with Gasteiger partial charge >= 0.3 is 56.9 Å². The number of rotatable bonds is 1. The van der Waals surface area contributed by atoms with Gasteiger partial charge in [-0.3, -0.25) is 0 Å². The molecule has 0 aliphatic rings. The Morgan fingerprint density at radius 2 is 2.20 bits per heavy atom. The van der Waals surface area contributed by atoms with Crippen molar-refractivity contribution in [3.63, 3.8) is 0 Å². The molecule has 32 valence electrons. The van der Waals surface area contributed by atoms with Crippen LogP contribution in [0.3, 0.4) is 0 Å². The summed E-state index contributed by atoms with van der Waals surface area (Å²) in [5.74, 6) is 0. The molecular weight excluding hydrogens is 290 g/mol. The van der Waals surface area contributed by atoms with Gasteiger partial charge in [-0.05, 0) is 0 Å². The predicted molar refractivity (Wildman–Crippen MR) is 29.1 cm³/mol. The minimum absolute atomic E-state index is 0.340. The molecule has 0 N–H and O–H groups in total. The molecule has 0 nitrogen and oxygen atoms in total. The van der Waals surface area contributed by atoms with Crippen LogP contribution >= 0.6 is 22.6 Å². The summed E-state index contributed by atoms with van der Waals surface area (Å²) in [6, 6.07) is 0. The van der Waals surface area contributed by atoms with E-state index in [9.17, 15) is 0 Å². The Hall–Kier alpha value is 1.20. The topological polar surface area (TPSA) is 0 Å². The van der Waals surface area contributed by atoms with Crippen molar-refractivity contribution in [3.8, 4) is 0 Å². The van der Waals surface area contributed by atoms with Crippen LogP contribution in [0.1, 0.15) is 0 Å². The van der Waals surface area contributed by atoms with Crippen molar-refractivity contribution < 1.29 is 21.2 Å². The minimum atomic E-state index is 0.340. The van der Waals surface area contributed by atoms with E-state index >= 15 is 0 Å². The molecule has 0 unspecified atom stereocenters. The van der Waals surface area contributed by atoms with Crippen molar-refractivity contribution in [2.45, 2.75) is 0 Å². The summed E-state index contributed by atoms with van der Waals surface area (Å²) >= 11 is 2.60. The summed E-state index contributed by atoms with van der Waals surface area (Å²) in [5, 5.41) is 0. The first kappa shape index (κ1) is 6.20. The summed E-state index contributed by atoms with van der Waals surface area (Å²) < 4.78 is 1.33. The molecule has 0 aromatic rings. The zero-order chi connectivity index (χ0) is 4.28. The first-order chi connectivity index (χ1) is 2.27. The molecule has 0 aliphatic heterocycles. The van der Waals surface area contributed by atoms with Crippen LogP contribution in [0.4, 0.5) is 0 Å². The molecule has 0 rings (SSSR count). The van der Waals surface area contributed by atoms with E-state index in [0.29, 0.717) is 21.2 Å². The Bertz CT molecular complexity index is 40.2. The van der Waals surface area contributed by atoms with Gasteiger partial charge in [-0.1, -0.05) is 0 Å². The van der Waals surface area contributed by atoms with Crippen molar-refractivity contribution in [2.24, 2.45) is 0 Å². The second-order valence-electron chi connectivity index (χ2n) is 0.528. The van der Waals surface area contributed by atoms with Crippen molar-refractivity contribution in [1.82, 2.24) is 0 Å². The van der Waals surface area contributed by atoms with Crippen LogP contribution in [-0.2, 0) is 0 Å². The fraction of sp³-hybridized carbons (Fsp3) is 0.333. The van der Waals surface area contributed by atoms with Gasteiger partial charge in [0.25, 0.3) is 0 Å².